The summed E-state index contributed by atoms with van der Waals surface area (Å²) in [6.07, 6.45) is 4.59. The summed E-state index contributed by atoms with van der Waals surface area (Å²) in [5.41, 5.74) is -2.35. The van der Waals surface area contributed by atoms with Crippen LogP contribution in [0.25, 0.3) is 10.9 Å². The fourth-order valence-corrected chi connectivity index (χ4v) is 10.3. The molecule has 14 nitrogen and oxygen atoms in total. The molecule has 50 heavy (non-hydrogen) atoms. The maximum Gasteiger partial charge on any atom is 0.301 e. The van der Waals surface area contributed by atoms with E-state index in [0.29, 0.717) is 63.6 Å². The zero-order valence-electron chi connectivity index (χ0n) is 27.9. The van der Waals surface area contributed by atoms with E-state index in [2.05, 4.69) is 15.0 Å². The molecule has 2 aromatic carbocycles. The van der Waals surface area contributed by atoms with Crippen molar-refractivity contribution in [1.82, 2.24) is 19.2 Å². The van der Waals surface area contributed by atoms with Crippen LogP contribution in [-0.4, -0.2) is 91.3 Å². The Morgan fingerprint density at radius 3 is 2.58 bits per heavy atom. The summed E-state index contributed by atoms with van der Waals surface area (Å²) in [5, 5.41) is 23.5. The molecule has 3 aliphatic rings. The first kappa shape index (κ1) is 36.1. The summed E-state index contributed by atoms with van der Waals surface area (Å²) in [4.78, 5) is 18.2. The van der Waals surface area contributed by atoms with Gasteiger partial charge in [-0.15, -0.1) is 0 Å². The Kier molecular flexibility index (Phi) is 9.98. The Bertz CT molecular complexity index is 2090. The van der Waals surface area contributed by atoms with E-state index in [9.17, 15) is 32.0 Å². The molecule has 6 rings (SSSR count). The molecule has 17 heteroatoms. The summed E-state index contributed by atoms with van der Waals surface area (Å²) in [6.45, 7) is 3.20. The Morgan fingerprint density at radius 2 is 1.90 bits per heavy atom. The first-order chi connectivity index (χ1) is 23.7. The molecule has 0 amide bonds. The number of benzene rings is 2. The summed E-state index contributed by atoms with van der Waals surface area (Å²) >= 11 is 0. The zero-order valence-corrected chi connectivity index (χ0v) is 29.5. The van der Waals surface area contributed by atoms with Gasteiger partial charge in [0.25, 0.3) is 5.56 Å². The molecule has 0 bridgehead atoms. The van der Waals surface area contributed by atoms with E-state index in [-0.39, 0.29) is 52.9 Å². The van der Waals surface area contributed by atoms with Crippen molar-refractivity contribution < 1.29 is 35.8 Å². The summed E-state index contributed by atoms with van der Waals surface area (Å²) in [6, 6.07) is 7.94. The second-order valence-electron chi connectivity index (χ2n) is 13.5. The molecule has 1 spiro atoms. The van der Waals surface area contributed by atoms with Crippen molar-refractivity contribution in [3.05, 3.63) is 58.4 Å². The van der Waals surface area contributed by atoms with Gasteiger partial charge in [-0.3, -0.25) is 14.1 Å². The van der Waals surface area contributed by atoms with Gasteiger partial charge in [-0.1, -0.05) is 6.92 Å². The normalized spacial score (nSPS) is 24.0. The van der Waals surface area contributed by atoms with Gasteiger partial charge < -0.3 is 19.9 Å². The lowest BCUT2D eigenvalue weighted by Gasteiger charge is -2.38. The second-order valence-corrected chi connectivity index (χ2v) is 17.6. The van der Waals surface area contributed by atoms with E-state index in [4.69, 9.17) is 9.47 Å². The number of aliphatic hydroxyl groups is 1. The summed E-state index contributed by atoms with van der Waals surface area (Å²) in [7, 11) is -6.19. The van der Waals surface area contributed by atoms with E-state index < -0.39 is 48.1 Å². The van der Waals surface area contributed by atoms with Crippen LogP contribution in [0.15, 0.2) is 41.5 Å². The highest BCUT2D eigenvalue weighted by Gasteiger charge is 2.47. The van der Waals surface area contributed by atoms with Crippen LogP contribution in [-0.2, 0) is 24.8 Å². The molecular formula is C33H41FN6O8S2. The van der Waals surface area contributed by atoms with Crippen molar-refractivity contribution in [1.29, 1.82) is 5.26 Å². The molecule has 2 aliphatic heterocycles. The van der Waals surface area contributed by atoms with Crippen molar-refractivity contribution in [2.75, 3.05) is 43.8 Å². The highest BCUT2D eigenvalue weighted by molar-refractivity contribution is 7.92. The molecule has 270 valence electrons. The lowest BCUT2D eigenvalue weighted by atomic mass is 9.82. The third kappa shape index (κ3) is 7.23. The second kappa shape index (κ2) is 13.8. The van der Waals surface area contributed by atoms with Gasteiger partial charge in [0.2, 0.25) is 0 Å². The molecule has 1 atom stereocenters. The first-order valence-corrected chi connectivity index (χ1v) is 19.8. The predicted octanol–water partition coefficient (Wildman–Crippen LogP) is 2.98. The Morgan fingerprint density at radius 1 is 1.18 bits per heavy atom. The quantitative estimate of drug-likeness (QED) is 0.278. The predicted molar refractivity (Wildman–Crippen MR) is 183 cm³/mol. The molecule has 3 heterocycles. The van der Waals surface area contributed by atoms with Gasteiger partial charge in [0, 0.05) is 13.6 Å². The van der Waals surface area contributed by atoms with Crippen molar-refractivity contribution in [2.45, 2.75) is 74.4 Å². The summed E-state index contributed by atoms with van der Waals surface area (Å²) < 4.78 is 83.6. The fraction of sp³-hybridized carbons (Fsp3) is 0.545. The smallest absolute Gasteiger partial charge is 0.301 e. The monoisotopic (exact) mass is 732 g/mol. The number of nitrogens with one attached hydrogen (secondary N) is 2. The summed E-state index contributed by atoms with van der Waals surface area (Å²) in [5.74, 6) is -1.62. The first-order valence-electron chi connectivity index (χ1n) is 16.6. The number of piperidine rings is 1. The van der Waals surface area contributed by atoms with Crippen molar-refractivity contribution in [3.8, 4) is 17.6 Å². The highest BCUT2D eigenvalue weighted by Crippen LogP contribution is 2.45. The molecule has 1 aromatic heterocycles. The lowest BCUT2D eigenvalue weighted by molar-refractivity contribution is -0.0242. The SMILES string of the molecule is CCN(C)S(=O)(=O)Nc1ccc(F)c(Oc2ccc3ncn([C@H]4COC5(CCC(S(=O)(=O)CC6(O)CCNCC6)CC5)C4)c(=O)c3c2)c1C#N. The fourth-order valence-electron chi connectivity index (χ4n) is 7.15. The van der Waals surface area contributed by atoms with Gasteiger partial charge in [0.05, 0.1) is 57.8 Å². The van der Waals surface area contributed by atoms with E-state index in [1.165, 1.54) is 36.1 Å². The molecule has 0 radical (unpaired) electrons. The average Bonchev–Trinajstić information content (AvgIpc) is 3.48. The molecule has 1 saturated carbocycles. The number of ether oxygens (including phenoxy) is 2. The number of hydrogen-bond donors (Lipinski definition) is 3. The maximum atomic E-state index is 15.0. The number of rotatable bonds is 10. The number of sulfone groups is 1. The lowest BCUT2D eigenvalue weighted by Crippen LogP contribution is -2.49. The number of halogens is 1. The van der Waals surface area contributed by atoms with Crippen LogP contribution < -0.4 is 20.3 Å². The number of fused-ring (bicyclic) bond motifs is 1. The largest absolute Gasteiger partial charge is 0.453 e. The molecule has 1 aliphatic carbocycles. The topological polar surface area (TPSA) is 193 Å². The maximum absolute atomic E-state index is 15.0. The zero-order chi connectivity index (χ0) is 35.9. The van der Waals surface area contributed by atoms with E-state index in [1.807, 2.05) is 6.07 Å². The van der Waals surface area contributed by atoms with Crippen LogP contribution in [0.1, 0.15) is 63.5 Å². The average molecular weight is 733 g/mol. The number of anilines is 1. The minimum atomic E-state index is -4.02. The Hall–Kier alpha value is -3.66. The molecule has 0 unspecified atom stereocenters. The van der Waals surface area contributed by atoms with Gasteiger partial charge in [0.1, 0.15) is 17.4 Å². The molecule has 3 fully saturated rings. The van der Waals surface area contributed by atoms with Crippen molar-refractivity contribution in [2.24, 2.45) is 0 Å². The van der Waals surface area contributed by atoms with Gasteiger partial charge >= 0.3 is 10.2 Å². The van der Waals surface area contributed by atoms with Crippen LogP contribution in [0.2, 0.25) is 0 Å². The number of hydrogen-bond acceptors (Lipinski definition) is 11. The van der Waals surface area contributed by atoms with Crippen molar-refractivity contribution in [3.63, 3.8) is 0 Å². The minimum Gasteiger partial charge on any atom is -0.453 e. The van der Waals surface area contributed by atoms with Crippen LogP contribution in [0.4, 0.5) is 10.1 Å². The van der Waals surface area contributed by atoms with Gasteiger partial charge in [0.15, 0.2) is 21.4 Å². The highest BCUT2D eigenvalue weighted by atomic mass is 32.2. The molecule has 3 aromatic rings. The van der Waals surface area contributed by atoms with Crippen LogP contribution in [0.3, 0.4) is 0 Å². The number of nitriles is 1. The Labute approximate surface area is 290 Å². The van der Waals surface area contributed by atoms with E-state index in [1.54, 1.807) is 6.92 Å². The number of nitrogens with zero attached hydrogens (tertiary/aromatic N) is 4. The van der Waals surface area contributed by atoms with Gasteiger partial charge in [-0.05, 0) is 88.4 Å². The third-order valence-corrected chi connectivity index (χ3v) is 14.2. The van der Waals surface area contributed by atoms with Crippen molar-refractivity contribution >= 4 is 36.6 Å². The number of aromatic nitrogens is 2. The van der Waals surface area contributed by atoms with Crippen LogP contribution >= 0.6 is 0 Å². The third-order valence-electron chi connectivity index (χ3n) is 10.2. The van der Waals surface area contributed by atoms with E-state index >= 15 is 4.39 Å². The standard InChI is InChI=1S/C33H41FN6O8S2/c1-3-39(2)50(45,46)38-29-7-5-27(34)30(26(29)18-35)48-23-4-6-28-25(16-23)31(41)40(21-37-28)22-17-33(47-19-22)10-8-24(9-11-33)49(43,44)20-32(42)12-14-36-15-13-32/h4-7,16,21-22,24,36,38,42H,3,8-15,17,19-20H2,1-2H3/t22-,24?,33?/m1/s1. The van der Waals surface area contributed by atoms with Gasteiger partial charge in [-0.25, -0.2) is 17.8 Å². The minimum absolute atomic E-state index is 0.0306. The molecule has 2 saturated heterocycles. The molecular weight excluding hydrogens is 692 g/mol. The van der Waals surface area contributed by atoms with Crippen LogP contribution in [0, 0.1) is 17.1 Å². The van der Waals surface area contributed by atoms with Crippen LogP contribution in [0.5, 0.6) is 11.5 Å². The Balaban J connectivity index is 1.18. The van der Waals surface area contributed by atoms with E-state index in [0.717, 1.165) is 16.4 Å². The van der Waals surface area contributed by atoms with Gasteiger partial charge in [-0.2, -0.15) is 18.0 Å². The molecule has 3 N–H and O–H groups in total.